The molecule has 0 radical (unpaired) electrons. The van der Waals surface area contributed by atoms with Crippen LogP contribution in [-0.2, 0) is 10.9 Å². The molecule has 0 spiro atoms. The number of anilines is 1. The van der Waals surface area contributed by atoms with Gasteiger partial charge in [-0.15, -0.1) is 0 Å². The van der Waals surface area contributed by atoms with Crippen LogP contribution in [0.5, 0.6) is 0 Å². The second-order valence-corrected chi connectivity index (χ2v) is 12.0. The van der Waals surface area contributed by atoms with E-state index < -0.39 is 17.7 Å². The van der Waals surface area contributed by atoms with Crippen molar-refractivity contribution in [3.05, 3.63) is 41.6 Å². The number of aromatic amines is 1. The molecule has 0 amide bonds. The smallest absolute Gasteiger partial charge is 0.416 e. The third-order valence-corrected chi connectivity index (χ3v) is 7.21. The van der Waals surface area contributed by atoms with Crippen LogP contribution in [0, 0.1) is 28.6 Å². The molecular weight excluding hydrogens is 441 g/mol. The summed E-state index contributed by atoms with van der Waals surface area (Å²) in [4.78, 5) is 16.4. The highest BCUT2D eigenvalue weighted by Gasteiger charge is 2.48. The van der Waals surface area contributed by atoms with Crippen LogP contribution in [0.2, 0.25) is 0 Å². The standard InChI is InChI=1S/C27H37F3N2O2/c1-15-12-19(25(2,3)4)22(20(13-15)26(5,6)7)34-24(33)21-18(14-32-23(21)31)16-8-10-17(11-9-16)27(28,29)30/h8-11,14-15,19-20,22,32H,12-13,31H2,1-7H3. The predicted octanol–water partition coefficient (Wildman–Crippen LogP) is 7.56. The molecule has 0 saturated heterocycles. The molecule has 0 aliphatic heterocycles. The van der Waals surface area contributed by atoms with Gasteiger partial charge in [-0.25, -0.2) is 4.79 Å². The van der Waals surface area contributed by atoms with Crippen molar-refractivity contribution in [2.45, 2.75) is 73.6 Å². The second kappa shape index (κ2) is 8.97. The number of nitrogen functional groups attached to an aromatic ring is 1. The first-order valence-electron chi connectivity index (χ1n) is 11.9. The Labute approximate surface area is 200 Å². The van der Waals surface area contributed by atoms with Crippen molar-refractivity contribution < 1.29 is 22.7 Å². The topological polar surface area (TPSA) is 68.1 Å². The number of benzene rings is 1. The van der Waals surface area contributed by atoms with Gasteiger partial charge in [0.15, 0.2) is 0 Å². The monoisotopic (exact) mass is 478 g/mol. The Bertz CT molecular complexity index is 986. The van der Waals surface area contributed by atoms with Crippen molar-refractivity contribution in [2.24, 2.45) is 28.6 Å². The molecule has 3 N–H and O–H groups in total. The number of rotatable bonds is 3. The van der Waals surface area contributed by atoms with Gasteiger partial charge >= 0.3 is 12.1 Å². The van der Waals surface area contributed by atoms with Crippen LogP contribution < -0.4 is 5.73 Å². The summed E-state index contributed by atoms with van der Waals surface area (Å²) in [5, 5.41) is 0. The molecule has 0 bridgehead atoms. The van der Waals surface area contributed by atoms with Gasteiger partial charge in [-0.2, -0.15) is 13.2 Å². The maximum atomic E-state index is 13.5. The first kappa shape index (κ1) is 26.2. The van der Waals surface area contributed by atoms with Crippen molar-refractivity contribution >= 4 is 11.8 Å². The number of nitrogens with two attached hydrogens (primary N) is 1. The molecule has 1 aliphatic carbocycles. The minimum atomic E-state index is -4.43. The zero-order valence-electron chi connectivity index (χ0n) is 21.1. The average molecular weight is 479 g/mol. The van der Waals surface area contributed by atoms with Gasteiger partial charge in [0.25, 0.3) is 0 Å². The predicted molar refractivity (Wildman–Crippen MR) is 129 cm³/mol. The summed E-state index contributed by atoms with van der Waals surface area (Å²) in [6.45, 7) is 15.3. The molecule has 1 saturated carbocycles. The van der Waals surface area contributed by atoms with Crippen LogP contribution in [0.25, 0.3) is 11.1 Å². The summed E-state index contributed by atoms with van der Waals surface area (Å²) < 4.78 is 45.2. The molecule has 4 nitrogen and oxygen atoms in total. The van der Waals surface area contributed by atoms with Crippen LogP contribution in [0.1, 0.15) is 77.2 Å². The van der Waals surface area contributed by atoms with Crippen LogP contribution in [0.15, 0.2) is 30.5 Å². The molecule has 1 aliphatic rings. The number of H-pyrrole nitrogens is 1. The number of carbonyl (C=O) groups excluding carboxylic acids is 1. The molecule has 1 fully saturated rings. The van der Waals surface area contributed by atoms with E-state index in [0.717, 1.165) is 25.0 Å². The van der Waals surface area contributed by atoms with E-state index in [0.29, 0.717) is 17.0 Å². The number of nitrogens with one attached hydrogen (secondary N) is 1. The van der Waals surface area contributed by atoms with Gasteiger partial charge in [-0.1, -0.05) is 60.6 Å². The summed E-state index contributed by atoms with van der Waals surface area (Å²) in [7, 11) is 0. The molecule has 3 rings (SSSR count). The average Bonchev–Trinajstić information content (AvgIpc) is 3.08. The van der Waals surface area contributed by atoms with Crippen molar-refractivity contribution in [2.75, 3.05) is 5.73 Å². The van der Waals surface area contributed by atoms with Gasteiger partial charge < -0.3 is 15.5 Å². The maximum Gasteiger partial charge on any atom is 0.416 e. The minimum absolute atomic E-state index is 0.0664. The lowest BCUT2D eigenvalue weighted by atomic mass is 9.59. The van der Waals surface area contributed by atoms with E-state index in [1.165, 1.54) is 12.1 Å². The molecule has 34 heavy (non-hydrogen) atoms. The Kier molecular flexibility index (Phi) is 6.90. The molecule has 1 aromatic heterocycles. The van der Waals surface area contributed by atoms with Gasteiger partial charge in [0.2, 0.25) is 0 Å². The number of alkyl halides is 3. The molecule has 1 aromatic carbocycles. The van der Waals surface area contributed by atoms with Crippen LogP contribution in [0.3, 0.4) is 0 Å². The van der Waals surface area contributed by atoms with Gasteiger partial charge in [0, 0.05) is 23.6 Å². The van der Waals surface area contributed by atoms with Crippen molar-refractivity contribution in [1.29, 1.82) is 0 Å². The summed E-state index contributed by atoms with van der Waals surface area (Å²) in [5.41, 5.74) is 6.29. The maximum absolute atomic E-state index is 13.5. The van der Waals surface area contributed by atoms with Crippen molar-refractivity contribution in [1.82, 2.24) is 4.98 Å². The van der Waals surface area contributed by atoms with Crippen molar-refractivity contribution in [3.8, 4) is 11.1 Å². The van der Waals surface area contributed by atoms with Crippen molar-refractivity contribution in [3.63, 3.8) is 0 Å². The van der Waals surface area contributed by atoms with Gasteiger partial charge in [-0.3, -0.25) is 0 Å². The third kappa shape index (κ3) is 5.44. The summed E-state index contributed by atoms with van der Waals surface area (Å²) in [5.74, 6) is 0.446. The van der Waals surface area contributed by atoms with Crippen LogP contribution in [0.4, 0.5) is 19.0 Å². The Hall–Kier alpha value is -2.44. The van der Waals surface area contributed by atoms with Crippen LogP contribution in [-0.4, -0.2) is 17.1 Å². The number of halogens is 3. The molecule has 2 atom stereocenters. The number of aromatic nitrogens is 1. The van der Waals surface area contributed by atoms with E-state index in [1.54, 1.807) is 6.20 Å². The van der Waals surface area contributed by atoms with E-state index in [1.807, 2.05) is 0 Å². The number of ether oxygens (including phenoxy) is 1. The van der Waals surface area contributed by atoms with Gasteiger partial charge in [-0.05, 0) is 47.3 Å². The lowest BCUT2D eigenvalue weighted by molar-refractivity contribution is -0.137. The minimum Gasteiger partial charge on any atom is -0.458 e. The van der Waals surface area contributed by atoms with Gasteiger partial charge in [0.05, 0.1) is 5.56 Å². The highest BCUT2D eigenvalue weighted by Crippen LogP contribution is 2.50. The molecule has 188 valence electrons. The lowest BCUT2D eigenvalue weighted by Gasteiger charge is -2.50. The summed E-state index contributed by atoms with van der Waals surface area (Å²) in [6, 6.07) is 4.70. The lowest BCUT2D eigenvalue weighted by Crippen LogP contribution is -2.49. The highest BCUT2D eigenvalue weighted by atomic mass is 19.4. The summed E-state index contributed by atoms with van der Waals surface area (Å²) >= 11 is 0. The SMILES string of the molecule is CC1CC(C(C)(C)C)C(OC(=O)c2c(-c3ccc(C(F)(F)F)cc3)c[nH]c2N)C(C(C)(C)C)C1. The number of carbonyl (C=O) groups is 1. The highest BCUT2D eigenvalue weighted by molar-refractivity contribution is 6.02. The van der Waals surface area contributed by atoms with E-state index in [-0.39, 0.29) is 40.2 Å². The molecule has 1 heterocycles. The normalized spacial score (nSPS) is 24.2. The molecule has 2 unspecified atom stereocenters. The molecule has 2 aromatic rings. The Morgan fingerprint density at radius 3 is 1.91 bits per heavy atom. The third-order valence-electron chi connectivity index (χ3n) is 7.21. The zero-order chi connectivity index (χ0) is 25.6. The Balaban J connectivity index is 1.97. The fraction of sp³-hybridized carbons (Fsp3) is 0.593. The van der Waals surface area contributed by atoms with Gasteiger partial charge in [0.1, 0.15) is 17.5 Å². The zero-order valence-corrected chi connectivity index (χ0v) is 21.1. The number of hydrogen-bond acceptors (Lipinski definition) is 3. The largest absolute Gasteiger partial charge is 0.458 e. The second-order valence-electron chi connectivity index (χ2n) is 12.0. The van der Waals surface area contributed by atoms with E-state index >= 15 is 0 Å². The van der Waals surface area contributed by atoms with E-state index in [9.17, 15) is 18.0 Å². The molecular formula is C27H37F3N2O2. The number of hydrogen-bond donors (Lipinski definition) is 2. The molecule has 7 heteroatoms. The quantitative estimate of drug-likeness (QED) is 0.447. The number of esters is 1. The fourth-order valence-electron chi connectivity index (χ4n) is 5.28. The first-order chi connectivity index (χ1) is 15.5. The van der Waals surface area contributed by atoms with Crippen LogP contribution >= 0.6 is 0 Å². The Morgan fingerprint density at radius 2 is 1.47 bits per heavy atom. The first-order valence-corrected chi connectivity index (χ1v) is 11.9. The Morgan fingerprint density at radius 1 is 0.971 bits per heavy atom. The fourth-order valence-corrected chi connectivity index (χ4v) is 5.28. The van der Waals surface area contributed by atoms with E-state index in [2.05, 4.69) is 53.5 Å². The summed E-state index contributed by atoms with van der Waals surface area (Å²) in [6.07, 6.45) is -1.26. The van der Waals surface area contributed by atoms with E-state index in [4.69, 9.17) is 10.5 Å².